The summed E-state index contributed by atoms with van der Waals surface area (Å²) in [4.78, 5) is 10.8. The van der Waals surface area contributed by atoms with Crippen molar-refractivity contribution in [2.24, 2.45) is 10.7 Å². The van der Waals surface area contributed by atoms with Gasteiger partial charge < -0.3 is 20.1 Å². The molecule has 8 nitrogen and oxygen atoms in total. The maximum atomic E-state index is 5.99. The fraction of sp³-hybridized carbons (Fsp3) is 0.400. The predicted octanol–water partition coefficient (Wildman–Crippen LogP) is 0.627. The van der Waals surface area contributed by atoms with Gasteiger partial charge >= 0.3 is 0 Å². The van der Waals surface area contributed by atoms with Crippen LogP contribution in [0.5, 0.6) is 5.75 Å². The van der Waals surface area contributed by atoms with Gasteiger partial charge in [-0.05, 0) is 24.3 Å². The number of morpholine rings is 1. The van der Waals surface area contributed by atoms with Gasteiger partial charge in [0.05, 0.1) is 20.3 Å². The first kappa shape index (κ1) is 15.3. The molecule has 1 aromatic heterocycles. The van der Waals surface area contributed by atoms with Crippen LogP contribution in [0.3, 0.4) is 0 Å². The molecule has 8 heteroatoms. The lowest BCUT2D eigenvalue weighted by Gasteiger charge is -2.27. The third-order valence-electron chi connectivity index (χ3n) is 3.61. The van der Waals surface area contributed by atoms with Gasteiger partial charge in [-0.1, -0.05) is 0 Å². The van der Waals surface area contributed by atoms with Crippen molar-refractivity contribution in [2.75, 3.05) is 33.4 Å². The van der Waals surface area contributed by atoms with E-state index in [1.807, 2.05) is 29.2 Å². The van der Waals surface area contributed by atoms with Crippen LogP contribution in [0, 0.1) is 0 Å². The molecule has 0 atom stereocenters. The number of nitrogens with one attached hydrogen (secondary N) is 1. The minimum atomic E-state index is 0.367. The Morgan fingerprint density at radius 3 is 2.78 bits per heavy atom. The van der Waals surface area contributed by atoms with Crippen LogP contribution in [-0.2, 0) is 11.3 Å². The summed E-state index contributed by atoms with van der Waals surface area (Å²) in [6.45, 7) is 3.26. The fourth-order valence-corrected chi connectivity index (χ4v) is 2.28. The zero-order chi connectivity index (χ0) is 16.1. The van der Waals surface area contributed by atoms with Crippen molar-refractivity contribution in [3.8, 4) is 17.1 Å². The number of hydrogen-bond donors (Lipinski definition) is 2. The molecule has 1 saturated heterocycles. The number of guanidine groups is 1. The molecular formula is C15H20N6O2. The van der Waals surface area contributed by atoms with Gasteiger partial charge in [0.1, 0.15) is 18.1 Å². The molecule has 0 saturated carbocycles. The van der Waals surface area contributed by atoms with E-state index in [0.717, 1.165) is 24.4 Å². The van der Waals surface area contributed by atoms with Gasteiger partial charge in [-0.3, -0.25) is 5.10 Å². The molecule has 3 rings (SSSR count). The molecule has 0 unspecified atom stereocenters. The van der Waals surface area contributed by atoms with Crippen molar-refractivity contribution < 1.29 is 9.47 Å². The van der Waals surface area contributed by atoms with E-state index in [0.29, 0.717) is 37.4 Å². The zero-order valence-corrected chi connectivity index (χ0v) is 13.0. The number of rotatable bonds is 4. The number of benzene rings is 1. The van der Waals surface area contributed by atoms with E-state index in [1.54, 1.807) is 7.11 Å². The van der Waals surface area contributed by atoms with Crippen LogP contribution in [0.1, 0.15) is 5.82 Å². The van der Waals surface area contributed by atoms with Gasteiger partial charge in [-0.25, -0.2) is 9.98 Å². The van der Waals surface area contributed by atoms with Crippen LogP contribution in [0.2, 0.25) is 0 Å². The van der Waals surface area contributed by atoms with E-state index in [4.69, 9.17) is 15.2 Å². The molecule has 2 heterocycles. The topological polar surface area (TPSA) is 102 Å². The molecule has 0 radical (unpaired) electrons. The van der Waals surface area contributed by atoms with Crippen molar-refractivity contribution in [3.05, 3.63) is 30.1 Å². The maximum absolute atomic E-state index is 5.99. The Kier molecular flexibility index (Phi) is 4.72. The van der Waals surface area contributed by atoms with Crippen molar-refractivity contribution in [3.63, 3.8) is 0 Å². The second kappa shape index (κ2) is 7.10. The number of hydrogen-bond acceptors (Lipinski definition) is 5. The van der Waals surface area contributed by atoms with Crippen LogP contribution in [0.15, 0.2) is 29.3 Å². The SMILES string of the molecule is COc1ccc(-c2n[nH]c(CN=C(N)N3CCOCC3)n2)cc1. The Bertz CT molecular complexity index is 661. The Morgan fingerprint density at radius 1 is 1.35 bits per heavy atom. The molecule has 0 aliphatic carbocycles. The Hall–Kier alpha value is -2.61. The summed E-state index contributed by atoms with van der Waals surface area (Å²) in [5.74, 6) is 2.61. The number of ether oxygens (including phenoxy) is 2. The Labute approximate surface area is 134 Å². The maximum Gasteiger partial charge on any atom is 0.191 e. The Morgan fingerprint density at radius 2 is 2.09 bits per heavy atom. The third-order valence-corrected chi connectivity index (χ3v) is 3.61. The van der Waals surface area contributed by atoms with Gasteiger partial charge in [0.25, 0.3) is 0 Å². The summed E-state index contributed by atoms with van der Waals surface area (Å²) >= 11 is 0. The van der Waals surface area contributed by atoms with Gasteiger partial charge in [0.15, 0.2) is 11.8 Å². The minimum Gasteiger partial charge on any atom is -0.497 e. The molecule has 0 bridgehead atoms. The fourth-order valence-electron chi connectivity index (χ4n) is 2.28. The predicted molar refractivity (Wildman–Crippen MR) is 86.1 cm³/mol. The molecule has 1 aliphatic rings. The summed E-state index contributed by atoms with van der Waals surface area (Å²) in [5.41, 5.74) is 6.91. The molecule has 1 fully saturated rings. The monoisotopic (exact) mass is 316 g/mol. The summed E-state index contributed by atoms with van der Waals surface area (Å²) in [5, 5.41) is 7.10. The summed E-state index contributed by atoms with van der Waals surface area (Å²) < 4.78 is 10.4. The van der Waals surface area contributed by atoms with E-state index in [9.17, 15) is 0 Å². The molecule has 1 aliphatic heterocycles. The summed E-state index contributed by atoms with van der Waals surface area (Å²) in [7, 11) is 1.64. The van der Waals surface area contributed by atoms with Gasteiger partial charge in [-0.15, -0.1) is 0 Å². The van der Waals surface area contributed by atoms with Crippen LogP contribution in [-0.4, -0.2) is 59.5 Å². The zero-order valence-electron chi connectivity index (χ0n) is 13.0. The summed E-state index contributed by atoms with van der Waals surface area (Å²) in [6.07, 6.45) is 0. The third kappa shape index (κ3) is 3.78. The Balaban J connectivity index is 1.64. The number of nitrogens with two attached hydrogens (primary N) is 1. The van der Waals surface area contributed by atoms with Crippen molar-refractivity contribution >= 4 is 5.96 Å². The molecule has 2 aromatic rings. The molecule has 23 heavy (non-hydrogen) atoms. The highest BCUT2D eigenvalue weighted by atomic mass is 16.5. The van der Waals surface area contributed by atoms with E-state index in [-0.39, 0.29) is 0 Å². The van der Waals surface area contributed by atoms with Crippen molar-refractivity contribution in [1.29, 1.82) is 0 Å². The van der Waals surface area contributed by atoms with E-state index >= 15 is 0 Å². The average molecular weight is 316 g/mol. The highest BCUT2D eigenvalue weighted by Gasteiger charge is 2.12. The number of nitrogens with zero attached hydrogens (tertiary/aromatic N) is 4. The molecule has 0 spiro atoms. The first-order valence-electron chi connectivity index (χ1n) is 7.44. The first-order chi connectivity index (χ1) is 11.3. The van der Waals surface area contributed by atoms with E-state index < -0.39 is 0 Å². The van der Waals surface area contributed by atoms with Gasteiger partial charge in [0.2, 0.25) is 0 Å². The average Bonchev–Trinajstić information content (AvgIpc) is 3.09. The molecule has 122 valence electrons. The van der Waals surface area contributed by atoms with Crippen molar-refractivity contribution in [2.45, 2.75) is 6.54 Å². The van der Waals surface area contributed by atoms with E-state index in [2.05, 4.69) is 20.2 Å². The smallest absolute Gasteiger partial charge is 0.191 e. The van der Waals surface area contributed by atoms with Crippen LogP contribution < -0.4 is 10.5 Å². The minimum absolute atomic E-state index is 0.367. The number of H-pyrrole nitrogens is 1. The second-order valence-electron chi connectivity index (χ2n) is 5.11. The summed E-state index contributed by atoms with van der Waals surface area (Å²) in [6, 6.07) is 7.58. The number of methoxy groups -OCH3 is 1. The van der Waals surface area contributed by atoms with Crippen LogP contribution in [0.4, 0.5) is 0 Å². The van der Waals surface area contributed by atoms with Crippen LogP contribution >= 0.6 is 0 Å². The standard InChI is InChI=1S/C15H20N6O2/c1-22-12-4-2-11(3-5-12)14-18-13(19-20-14)10-17-15(16)21-6-8-23-9-7-21/h2-5H,6-10H2,1H3,(H2,16,17)(H,18,19,20). The largest absolute Gasteiger partial charge is 0.497 e. The first-order valence-corrected chi connectivity index (χ1v) is 7.44. The number of aliphatic imine (C=N–C) groups is 1. The highest BCUT2D eigenvalue weighted by Crippen LogP contribution is 2.19. The molecule has 3 N–H and O–H groups in total. The molecule has 1 aromatic carbocycles. The number of aromatic nitrogens is 3. The second-order valence-corrected chi connectivity index (χ2v) is 5.11. The lowest BCUT2D eigenvalue weighted by molar-refractivity contribution is 0.0674. The molecule has 0 amide bonds. The quantitative estimate of drug-likeness (QED) is 0.633. The lowest BCUT2D eigenvalue weighted by atomic mass is 10.2. The lowest BCUT2D eigenvalue weighted by Crippen LogP contribution is -2.44. The van der Waals surface area contributed by atoms with Gasteiger partial charge in [-0.2, -0.15) is 5.10 Å². The van der Waals surface area contributed by atoms with Crippen molar-refractivity contribution in [1.82, 2.24) is 20.1 Å². The molecular weight excluding hydrogens is 296 g/mol. The highest BCUT2D eigenvalue weighted by molar-refractivity contribution is 5.78. The normalized spacial score (nSPS) is 15.7. The van der Waals surface area contributed by atoms with Crippen LogP contribution in [0.25, 0.3) is 11.4 Å². The number of aromatic amines is 1. The van der Waals surface area contributed by atoms with E-state index in [1.165, 1.54) is 0 Å². The van der Waals surface area contributed by atoms with Gasteiger partial charge in [0, 0.05) is 18.7 Å².